The van der Waals surface area contributed by atoms with Gasteiger partial charge in [-0.15, -0.1) is 0 Å². The van der Waals surface area contributed by atoms with Gasteiger partial charge in [0.25, 0.3) is 0 Å². The van der Waals surface area contributed by atoms with Gasteiger partial charge in [0, 0.05) is 42.6 Å². The van der Waals surface area contributed by atoms with Crippen molar-refractivity contribution in [1.29, 1.82) is 0 Å². The third kappa shape index (κ3) is 4.90. The fourth-order valence-corrected chi connectivity index (χ4v) is 10.5. The van der Waals surface area contributed by atoms with Crippen LogP contribution in [0.15, 0.2) is 206 Å². The van der Waals surface area contributed by atoms with Gasteiger partial charge in [0.05, 0.1) is 37.9 Å². The molecule has 8 aromatic carbocycles. The van der Waals surface area contributed by atoms with Crippen molar-refractivity contribution < 1.29 is 12.8 Å². The molecule has 5 nitrogen and oxygen atoms in total. The first-order valence-corrected chi connectivity index (χ1v) is 20.4. The van der Waals surface area contributed by atoms with Crippen molar-refractivity contribution in [2.24, 2.45) is 0 Å². The second-order valence-corrected chi connectivity index (χ2v) is 16.7. The van der Waals surface area contributed by atoms with Crippen LogP contribution in [0.5, 0.6) is 0 Å². The van der Waals surface area contributed by atoms with Gasteiger partial charge in [0.1, 0.15) is 5.58 Å². The summed E-state index contributed by atoms with van der Waals surface area (Å²) < 4.78 is 36.6. The number of aromatic nitrogens is 1. The van der Waals surface area contributed by atoms with Crippen LogP contribution in [0.1, 0.15) is 0 Å². The second kappa shape index (κ2) is 12.2. The fourth-order valence-electron chi connectivity index (χ4n) is 8.11. The van der Waals surface area contributed by atoms with E-state index >= 15 is 0 Å². The van der Waals surface area contributed by atoms with Gasteiger partial charge in [-0.25, -0.2) is 8.42 Å². The Morgan fingerprint density at radius 3 is 1.96 bits per heavy atom. The van der Waals surface area contributed by atoms with E-state index in [1.807, 2.05) is 24.3 Å². The summed E-state index contributed by atoms with van der Waals surface area (Å²) in [6.45, 7) is 0. The average molecular weight is 747 g/mol. The van der Waals surface area contributed by atoms with Crippen LogP contribution in [0.2, 0.25) is 0 Å². The summed E-state index contributed by atoms with van der Waals surface area (Å²) in [6, 6.07) is 60.5. The highest BCUT2D eigenvalue weighted by Crippen LogP contribution is 2.55. The first-order chi connectivity index (χ1) is 27.0. The third-order valence-electron chi connectivity index (χ3n) is 10.6. The molecular formula is C48H30N2O3S2. The van der Waals surface area contributed by atoms with Crippen LogP contribution in [0.25, 0.3) is 60.6 Å². The number of nitrogens with zero attached hydrogens (tertiary/aromatic N) is 2. The zero-order valence-electron chi connectivity index (χ0n) is 29.3. The standard InChI is InChI=1S/C48H30N2O3S2/c51-55(52,33-17-5-2-6-18-33)34-19-11-14-31(28-34)35-21-12-22-37-38-23-13-26-42(48(38)53-47(35)37)50-41-25-9-10-27-45(41)54-46-29-39-36-20-7-8-24-40(36)49(43(39)30-44(46)50)32-15-3-1-4-16-32/h1-30H. The SMILES string of the molecule is O=S(=O)(c1ccccc1)c1cccc(-c2cccc3c2oc2c(N4c5ccccc5Sc5cc6c7ccccc7n(-c7ccccc7)c6cc54)cccc23)c1. The van der Waals surface area contributed by atoms with Gasteiger partial charge in [0.2, 0.25) is 9.84 Å². The number of fused-ring (bicyclic) bond motifs is 8. The molecule has 0 amide bonds. The van der Waals surface area contributed by atoms with Crippen molar-refractivity contribution in [3.63, 3.8) is 0 Å². The Morgan fingerprint density at radius 2 is 1.11 bits per heavy atom. The summed E-state index contributed by atoms with van der Waals surface area (Å²) in [5.41, 5.74) is 9.53. The zero-order valence-corrected chi connectivity index (χ0v) is 30.9. The number of anilines is 3. The number of rotatable bonds is 5. The van der Waals surface area contributed by atoms with Gasteiger partial charge in [-0.05, 0) is 78.4 Å². The molecule has 0 radical (unpaired) electrons. The summed E-state index contributed by atoms with van der Waals surface area (Å²) in [6.07, 6.45) is 0. The monoisotopic (exact) mass is 746 g/mol. The van der Waals surface area contributed by atoms with E-state index in [0.717, 1.165) is 71.1 Å². The summed E-state index contributed by atoms with van der Waals surface area (Å²) in [7, 11) is -3.71. The molecule has 0 saturated carbocycles. The minimum absolute atomic E-state index is 0.239. The van der Waals surface area contributed by atoms with E-state index < -0.39 is 9.84 Å². The average Bonchev–Trinajstić information content (AvgIpc) is 3.78. The van der Waals surface area contributed by atoms with Gasteiger partial charge >= 0.3 is 0 Å². The number of hydrogen-bond donors (Lipinski definition) is 0. The van der Waals surface area contributed by atoms with Crippen LogP contribution in [-0.2, 0) is 9.84 Å². The lowest BCUT2D eigenvalue weighted by molar-refractivity contribution is 0.596. The molecule has 0 atom stereocenters. The maximum atomic E-state index is 13.6. The predicted octanol–water partition coefficient (Wildman–Crippen LogP) is 13.1. The number of furan rings is 1. The van der Waals surface area contributed by atoms with Crippen LogP contribution >= 0.6 is 11.8 Å². The first kappa shape index (κ1) is 31.9. The molecule has 262 valence electrons. The molecule has 0 fully saturated rings. The van der Waals surface area contributed by atoms with E-state index in [2.05, 4.69) is 125 Å². The maximum Gasteiger partial charge on any atom is 0.206 e. The van der Waals surface area contributed by atoms with Gasteiger partial charge in [-0.3, -0.25) is 0 Å². The number of hydrogen-bond acceptors (Lipinski definition) is 5. The van der Waals surface area contributed by atoms with Crippen molar-refractivity contribution >= 4 is 82.4 Å². The highest BCUT2D eigenvalue weighted by Gasteiger charge is 2.30. The molecule has 0 saturated heterocycles. The van der Waals surface area contributed by atoms with Gasteiger partial charge in [0.15, 0.2) is 5.58 Å². The Kier molecular flexibility index (Phi) is 7.11. The summed E-state index contributed by atoms with van der Waals surface area (Å²) >= 11 is 1.79. The highest BCUT2D eigenvalue weighted by atomic mass is 32.2. The van der Waals surface area contributed by atoms with Gasteiger partial charge in [-0.2, -0.15) is 0 Å². The molecule has 7 heteroatoms. The lowest BCUT2D eigenvalue weighted by atomic mass is 10.0. The van der Waals surface area contributed by atoms with Crippen molar-refractivity contribution in [1.82, 2.24) is 4.57 Å². The van der Waals surface area contributed by atoms with Crippen LogP contribution < -0.4 is 4.90 Å². The molecule has 0 unspecified atom stereocenters. The van der Waals surface area contributed by atoms with E-state index in [4.69, 9.17) is 4.42 Å². The van der Waals surface area contributed by atoms with Crippen molar-refractivity contribution in [3.05, 3.63) is 182 Å². The molecule has 0 N–H and O–H groups in total. The number of benzene rings is 8. The second-order valence-electron chi connectivity index (χ2n) is 13.7. The van der Waals surface area contributed by atoms with E-state index in [0.29, 0.717) is 5.58 Å². The van der Waals surface area contributed by atoms with E-state index in [1.165, 1.54) is 10.8 Å². The van der Waals surface area contributed by atoms with E-state index in [-0.39, 0.29) is 9.79 Å². The quantitative estimate of drug-likeness (QED) is 0.176. The van der Waals surface area contributed by atoms with Gasteiger partial charge in [-0.1, -0.05) is 121 Å². The molecule has 1 aliphatic rings. The molecule has 3 heterocycles. The Balaban J connectivity index is 1.13. The smallest absolute Gasteiger partial charge is 0.206 e. The topological polar surface area (TPSA) is 55.5 Å². The predicted molar refractivity (Wildman–Crippen MR) is 224 cm³/mol. The van der Waals surface area contributed by atoms with E-state index in [1.54, 1.807) is 54.2 Å². The van der Waals surface area contributed by atoms with Crippen molar-refractivity contribution in [2.45, 2.75) is 19.6 Å². The molecule has 55 heavy (non-hydrogen) atoms. The Hall–Kier alpha value is -6.54. The lowest BCUT2D eigenvalue weighted by Crippen LogP contribution is -2.15. The molecule has 11 rings (SSSR count). The number of para-hydroxylation sites is 5. The minimum Gasteiger partial charge on any atom is -0.453 e. The highest BCUT2D eigenvalue weighted by molar-refractivity contribution is 7.99. The van der Waals surface area contributed by atoms with Crippen LogP contribution in [-0.4, -0.2) is 13.0 Å². The maximum absolute atomic E-state index is 13.6. The Morgan fingerprint density at radius 1 is 0.455 bits per heavy atom. The lowest BCUT2D eigenvalue weighted by Gasteiger charge is -2.33. The van der Waals surface area contributed by atoms with Crippen LogP contribution in [0.3, 0.4) is 0 Å². The van der Waals surface area contributed by atoms with Gasteiger partial charge < -0.3 is 13.9 Å². The third-order valence-corrected chi connectivity index (χ3v) is 13.5. The molecule has 0 spiro atoms. The van der Waals surface area contributed by atoms with Crippen molar-refractivity contribution in [2.75, 3.05) is 4.90 Å². The fraction of sp³-hybridized carbons (Fsp3) is 0. The minimum atomic E-state index is -3.71. The summed E-state index contributed by atoms with van der Waals surface area (Å²) in [5.74, 6) is 0. The summed E-state index contributed by atoms with van der Waals surface area (Å²) in [5, 5.41) is 4.36. The number of sulfone groups is 1. The molecule has 1 aliphatic heterocycles. The van der Waals surface area contributed by atoms with E-state index in [9.17, 15) is 8.42 Å². The van der Waals surface area contributed by atoms with Crippen LogP contribution in [0.4, 0.5) is 17.1 Å². The molecule has 2 aromatic heterocycles. The first-order valence-electron chi connectivity index (χ1n) is 18.1. The largest absolute Gasteiger partial charge is 0.453 e. The zero-order chi connectivity index (χ0) is 36.7. The molecular weight excluding hydrogens is 717 g/mol. The summed E-state index contributed by atoms with van der Waals surface area (Å²) in [4.78, 5) is 5.16. The molecule has 0 aliphatic carbocycles. The van der Waals surface area contributed by atoms with Crippen molar-refractivity contribution in [3.8, 4) is 16.8 Å². The Bertz CT molecular complexity index is 3260. The normalized spacial score (nSPS) is 12.8. The molecule has 0 bridgehead atoms. The molecule has 10 aromatic rings. The van der Waals surface area contributed by atoms with Crippen LogP contribution in [0, 0.1) is 0 Å². The Labute approximate surface area is 321 Å².